The Morgan fingerprint density at radius 2 is 2.00 bits per heavy atom. The summed E-state index contributed by atoms with van der Waals surface area (Å²) in [5.41, 5.74) is -1.87. The lowest BCUT2D eigenvalue weighted by Gasteiger charge is -2.32. The van der Waals surface area contributed by atoms with Crippen molar-refractivity contribution in [1.29, 1.82) is 0 Å². The second kappa shape index (κ2) is 9.72. The van der Waals surface area contributed by atoms with Crippen LogP contribution in [0.5, 0.6) is 5.75 Å². The molecule has 2 N–H and O–H groups in total. The third kappa shape index (κ3) is 5.01. The van der Waals surface area contributed by atoms with Crippen LogP contribution in [0.15, 0.2) is 23.0 Å². The normalized spacial score (nSPS) is 15.2. The summed E-state index contributed by atoms with van der Waals surface area (Å²) in [5, 5.41) is 12.8. The molecule has 12 heteroatoms. The van der Waals surface area contributed by atoms with Gasteiger partial charge in [0.15, 0.2) is 5.69 Å². The fourth-order valence-electron chi connectivity index (χ4n) is 3.54. The highest BCUT2D eigenvalue weighted by Crippen LogP contribution is 2.47. The van der Waals surface area contributed by atoms with Crippen LogP contribution in [-0.4, -0.2) is 40.4 Å². The number of hydrogen-bond acceptors (Lipinski definition) is 8. The molecule has 0 saturated heterocycles. The molecule has 0 atom stereocenters. The lowest BCUT2D eigenvalue weighted by Crippen LogP contribution is -2.42. The van der Waals surface area contributed by atoms with Crippen LogP contribution in [-0.2, 0) is 37.0 Å². The molecular formula is C21H27FN3O7P. The van der Waals surface area contributed by atoms with Crippen molar-refractivity contribution in [2.45, 2.75) is 46.4 Å². The summed E-state index contributed by atoms with van der Waals surface area (Å²) in [6.07, 6.45) is 0. The summed E-state index contributed by atoms with van der Waals surface area (Å²) in [4.78, 5) is 29.6. The minimum absolute atomic E-state index is 0.0243. The maximum absolute atomic E-state index is 13.9. The number of fused-ring (bicyclic) bond motifs is 1. The minimum Gasteiger partial charge on any atom is -0.501 e. The zero-order valence-electron chi connectivity index (χ0n) is 18.9. The van der Waals surface area contributed by atoms with E-state index in [0.29, 0.717) is 0 Å². The molecule has 0 bridgehead atoms. The van der Waals surface area contributed by atoms with Gasteiger partial charge in [-0.1, -0.05) is 6.07 Å². The number of ether oxygens (including phenoxy) is 1. The van der Waals surface area contributed by atoms with Crippen molar-refractivity contribution in [2.24, 2.45) is 0 Å². The fourth-order valence-corrected chi connectivity index (χ4v) is 5.36. The number of hydrogen-bond donors (Lipinski definition) is 2. The van der Waals surface area contributed by atoms with Gasteiger partial charge in [0.1, 0.15) is 17.2 Å². The van der Waals surface area contributed by atoms with Crippen molar-refractivity contribution in [3.63, 3.8) is 0 Å². The average molecular weight is 483 g/mol. The molecule has 33 heavy (non-hydrogen) atoms. The molecule has 1 aliphatic heterocycles. The van der Waals surface area contributed by atoms with Crippen molar-refractivity contribution >= 4 is 18.8 Å². The van der Waals surface area contributed by atoms with Crippen molar-refractivity contribution in [2.75, 3.05) is 19.8 Å². The van der Waals surface area contributed by atoms with E-state index >= 15 is 0 Å². The third-order valence-electron chi connectivity index (χ3n) is 5.06. The van der Waals surface area contributed by atoms with Gasteiger partial charge in [-0.3, -0.25) is 18.7 Å². The average Bonchev–Trinajstić information content (AvgIpc) is 2.75. The van der Waals surface area contributed by atoms with E-state index in [2.05, 4.69) is 10.3 Å². The molecule has 0 fully saturated rings. The van der Waals surface area contributed by atoms with Crippen LogP contribution in [0.4, 0.5) is 4.39 Å². The number of aromatic nitrogens is 2. The van der Waals surface area contributed by atoms with Gasteiger partial charge < -0.3 is 24.2 Å². The Bertz CT molecular complexity index is 1160. The Kier molecular flexibility index (Phi) is 7.38. The van der Waals surface area contributed by atoms with E-state index in [1.54, 1.807) is 27.7 Å². The van der Waals surface area contributed by atoms with E-state index in [1.165, 1.54) is 10.6 Å². The van der Waals surface area contributed by atoms with Gasteiger partial charge >= 0.3 is 7.60 Å². The number of halogens is 1. The number of carbonyl (C=O) groups excluding carboxylic acids is 1. The van der Waals surface area contributed by atoms with Crippen LogP contribution in [0.1, 0.15) is 49.6 Å². The number of nitrogens with zero attached hydrogens (tertiary/aromatic N) is 2. The monoisotopic (exact) mass is 483 g/mol. The summed E-state index contributed by atoms with van der Waals surface area (Å²) in [7, 11) is -3.84. The van der Waals surface area contributed by atoms with Crippen LogP contribution < -0.4 is 16.2 Å². The zero-order valence-corrected chi connectivity index (χ0v) is 19.8. The molecular weight excluding hydrogens is 456 g/mol. The maximum atomic E-state index is 13.9. The first-order valence-electron chi connectivity index (χ1n) is 10.5. The fraction of sp³-hybridized carbons (Fsp3) is 0.476. The lowest BCUT2D eigenvalue weighted by molar-refractivity contribution is -0.0566. The predicted octanol–water partition coefficient (Wildman–Crippen LogP) is 2.17. The van der Waals surface area contributed by atoms with E-state index in [4.69, 9.17) is 13.8 Å². The van der Waals surface area contributed by atoms with Crippen LogP contribution in [0.3, 0.4) is 0 Å². The molecule has 1 aliphatic rings. The summed E-state index contributed by atoms with van der Waals surface area (Å²) in [6.45, 7) is 7.03. The van der Waals surface area contributed by atoms with Gasteiger partial charge in [0.05, 0.1) is 31.7 Å². The Balaban J connectivity index is 1.93. The Morgan fingerprint density at radius 3 is 2.64 bits per heavy atom. The molecule has 1 aromatic heterocycles. The molecule has 0 saturated carbocycles. The van der Waals surface area contributed by atoms with Crippen LogP contribution in [0, 0.1) is 5.82 Å². The van der Waals surface area contributed by atoms with Crippen LogP contribution >= 0.6 is 7.60 Å². The summed E-state index contributed by atoms with van der Waals surface area (Å²) >= 11 is 0. The molecule has 10 nitrogen and oxygen atoms in total. The molecule has 0 aliphatic carbocycles. The second-order valence-corrected chi connectivity index (χ2v) is 9.73. The molecule has 0 unspecified atom stereocenters. The van der Waals surface area contributed by atoms with E-state index in [9.17, 15) is 23.7 Å². The molecule has 1 amide bonds. The molecule has 2 aromatic rings. The quantitative estimate of drug-likeness (QED) is 0.547. The first kappa shape index (κ1) is 25.0. The van der Waals surface area contributed by atoms with E-state index in [1.807, 2.05) is 0 Å². The number of rotatable bonds is 8. The molecule has 3 rings (SSSR count). The number of amides is 1. The molecule has 2 heterocycles. The summed E-state index contributed by atoms with van der Waals surface area (Å²) in [5.74, 6) is -2.07. The van der Waals surface area contributed by atoms with Gasteiger partial charge in [-0.25, -0.2) is 9.37 Å². The van der Waals surface area contributed by atoms with E-state index in [0.717, 1.165) is 12.1 Å². The first-order chi connectivity index (χ1) is 15.5. The van der Waals surface area contributed by atoms with E-state index < -0.39 is 41.9 Å². The van der Waals surface area contributed by atoms with Gasteiger partial charge in [0.25, 0.3) is 11.5 Å². The van der Waals surface area contributed by atoms with Gasteiger partial charge in [0.2, 0.25) is 5.75 Å². The smallest absolute Gasteiger partial charge is 0.361 e. The summed E-state index contributed by atoms with van der Waals surface area (Å²) in [6, 6.07) is 3.53. The Hall–Kier alpha value is -2.59. The van der Waals surface area contributed by atoms with Crippen molar-refractivity contribution in [3.8, 4) is 5.75 Å². The predicted molar refractivity (Wildman–Crippen MR) is 117 cm³/mol. The highest BCUT2D eigenvalue weighted by Gasteiger charge is 2.35. The first-order valence-corrected chi connectivity index (χ1v) is 12.0. The Labute approximate surface area is 190 Å². The third-order valence-corrected chi connectivity index (χ3v) is 7.26. The molecule has 1 aromatic carbocycles. The van der Waals surface area contributed by atoms with Crippen LogP contribution in [0.2, 0.25) is 0 Å². The number of benzene rings is 1. The number of nitrogens with one attached hydrogen (secondary N) is 1. The topological polar surface area (TPSA) is 129 Å². The highest BCUT2D eigenvalue weighted by atomic mass is 31.2. The zero-order chi connectivity index (χ0) is 24.4. The van der Waals surface area contributed by atoms with Crippen molar-refractivity contribution in [1.82, 2.24) is 14.9 Å². The minimum atomic E-state index is -3.84. The largest absolute Gasteiger partial charge is 0.501 e. The lowest BCUT2D eigenvalue weighted by atomic mass is 10.1. The molecule has 0 spiro atoms. The number of carbonyl (C=O) groups is 1. The van der Waals surface area contributed by atoms with E-state index in [-0.39, 0.29) is 49.6 Å². The van der Waals surface area contributed by atoms with Crippen LogP contribution in [0.25, 0.3) is 0 Å². The molecule has 180 valence electrons. The second-order valence-electron chi connectivity index (χ2n) is 7.74. The number of aromatic hydroxyl groups is 1. The molecule has 0 radical (unpaired) electrons. The van der Waals surface area contributed by atoms with Gasteiger partial charge in [0, 0.05) is 6.54 Å². The van der Waals surface area contributed by atoms with Crippen molar-refractivity contribution in [3.05, 3.63) is 51.5 Å². The maximum Gasteiger partial charge on any atom is 0.361 e. The van der Waals surface area contributed by atoms with Gasteiger partial charge in [-0.05, 0) is 45.4 Å². The van der Waals surface area contributed by atoms with Gasteiger partial charge in [-0.2, -0.15) is 0 Å². The SMILES string of the molecule is CCOP(=O)(OCC)c1cc(F)ccc1CNC(=O)c1nc2n(c(=O)c1O)CCOC2(C)C. The van der Waals surface area contributed by atoms with Crippen molar-refractivity contribution < 1.29 is 32.6 Å². The highest BCUT2D eigenvalue weighted by molar-refractivity contribution is 7.62. The standard InChI is InChI=1S/C21H27FN3O7P/c1-5-31-33(29,32-6-2)15-11-14(22)8-7-13(15)12-23-18(27)16-17(26)19(28)25-9-10-30-21(3,4)20(25)24-16/h7-8,11,26H,5-6,9-10,12H2,1-4H3,(H,23,27). The van der Waals surface area contributed by atoms with Gasteiger partial charge in [-0.15, -0.1) is 0 Å². The Morgan fingerprint density at radius 1 is 1.33 bits per heavy atom. The summed E-state index contributed by atoms with van der Waals surface area (Å²) < 4.78 is 44.7.